The van der Waals surface area contributed by atoms with Crippen LogP contribution in [0.3, 0.4) is 0 Å². The molecule has 1 aliphatic carbocycles. The Kier molecular flexibility index (Phi) is 4.34. The van der Waals surface area contributed by atoms with Crippen LogP contribution in [0.25, 0.3) is 0 Å². The first-order valence-electron chi connectivity index (χ1n) is 6.44. The van der Waals surface area contributed by atoms with Crippen molar-refractivity contribution >= 4 is 0 Å². The molecule has 1 saturated carbocycles. The third kappa shape index (κ3) is 3.30. The highest BCUT2D eigenvalue weighted by Crippen LogP contribution is 2.26. The molecular weight excluding hydrogens is 200 g/mol. The minimum Gasteiger partial charge on any atom is -0.312 e. The molecule has 0 amide bonds. The molecule has 2 unspecified atom stereocenters. The Morgan fingerprint density at radius 1 is 1.44 bits per heavy atom. The number of rotatable bonds is 5. The van der Waals surface area contributed by atoms with Crippen molar-refractivity contribution in [3.63, 3.8) is 0 Å². The average Bonchev–Trinajstić information content (AvgIpc) is 2.82. The zero-order valence-corrected chi connectivity index (χ0v) is 10.1. The van der Waals surface area contributed by atoms with Crippen LogP contribution < -0.4 is 5.32 Å². The summed E-state index contributed by atoms with van der Waals surface area (Å²) in [5, 5.41) is 7.73. The highest BCUT2D eigenvalue weighted by atomic mass is 15.3. The maximum absolute atomic E-state index is 4.10. The van der Waals surface area contributed by atoms with E-state index in [2.05, 4.69) is 22.3 Å². The number of nitrogens with zero attached hydrogens (tertiary/aromatic N) is 3. The fourth-order valence-corrected chi connectivity index (χ4v) is 2.58. The maximum Gasteiger partial charge on any atom is 0.137 e. The van der Waals surface area contributed by atoms with Gasteiger partial charge in [0.05, 0.1) is 6.54 Å². The summed E-state index contributed by atoms with van der Waals surface area (Å²) in [6, 6.07) is 0.724. The molecule has 0 spiro atoms. The van der Waals surface area contributed by atoms with Crippen LogP contribution in [0.1, 0.15) is 39.0 Å². The Bertz CT molecular complexity index is 283. The third-order valence-electron chi connectivity index (χ3n) is 3.60. The summed E-state index contributed by atoms with van der Waals surface area (Å²) in [5.74, 6) is 0.942. The van der Waals surface area contributed by atoms with E-state index in [1.807, 2.05) is 4.68 Å². The average molecular weight is 222 g/mol. The normalized spacial score (nSPS) is 25.8. The molecular formula is C12H22N4. The predicted molar refractivity (Wildman–Crippen MR) is 64.1 cm³/mol. The second kappa shape index (κ2) is 5.99. The molecule has 1 aromatic heterocycles. The lowest BCUT2D eigenvalue weighted by atomic mass is 9.84. The van der Waals surface area contributed by atoms with Crippen molar-refractivity contribution in [1.82, 2.24) is 20.1 Å². The van der Waals surface area contributed by atoms with Crippen molar-refractivity contribution in [1.29, 1.82) is 0 Å². The Morgan fingerprint density at radius 3 is 3.12 bits per heavy atom. The van der Waals surface area contributed by atoms with E-state index in [-0.39, 0.29) is 0 Å². The smallest absolute Gasteiger partial charge is 0.137 e. The SMILES string of the molecule is CCC1CCCC(NCCn2cncn2)C1. The van der Waals surface area contributed by atoms with Gasteiger partial charge < -0.3 is 5.32 Å². The fraction of sp³-hybridized carbons (Fsp3) is 0.833. The molecule has 1 N–H and O–H groups in total. The van der Waals surface area contributed by atoms with Crippen LogP contribution in [-0.4, -0.2) is 27.4 Å². The highest BCUT2D eigenvalue weighted by molar-refractivity contribution is 4.77. The first-order chi connectivity index (χ1) is 7.88. The highest BCUT2D eigenvalue weighted by Gasteiger charge is 2.19. The van der Waals surface area contributed by atoms with E-state index in [1.54, 1.807) is 12.7 Å². The van der Waals surface area contributed by atoms with Gasteiger partial charge in [-0.05, 0) is 18.8 Å². The Labute approximate surface area is 97.5 Å². The van der Waals surface area contributed by atoms with Crippen LogP contribution in [0.15, 0.2) is 12.7 Å². The molecule has 0 bridgehead atoms. The number of hydrogen-bond donors (Lipinski definition) is 1. The second-order valence-electron chi connectivity index (χ2n) is 4.75. The largest absolute Gasteiger partial charge is 0.312 e. The van der Waals surface area contributed by atoms with Gasteiger partial charge in [-0.1, -0.05) is 26.2 Å². The monoisotopic (exact) mass is 222 g/mol. The minimum absolute atomic E-state index is 0.724. The number of nitrogens with one attached hydrogen (secondary N) is 1. The van der Waals surface area contributed by atoms with Gasteiger partial charge in [-0.15, -0.1) is 0 Å². The summed E-state index contributed by atoms with van der Waals surface area (Å²) in [6.45, 7) is 4.24. The van der Waals surface area contributed by atoms with Gasteiger partial charge in [0.25, 0.3) is 0 Å². The molecule has 0 radical (unpaired) electrons. The quantitative estimate of drug-likeness (QED) is 0.826. The molecule has 90 valence electrons. The van der Waals surface area contributed by atoms with Crippen molar-refractivity contribution in [3.8, 4) is 0 Å². The zero-order valence-electron chi connectivity index (χ0n) is 10.1. The van der Waals surface area contributed by atoms with Gasteiger partial charge in [0.1, 0.15) is 12.7 Å². The molecule has 16 heavy (non-hydrogen) atoms. The lowest BCUT2D eigenvalue weighted by molar-refractivity contribution is 0.276. The third-order valence-corrected chi connectivity index (χ3v) is 3.60. The number of hydrogen-bond acceptors (Lipinski definition) is 3. The van der Waals surface area contributed by atoms with Gasteiger partial charge >= 0.3 is 0 Å². The van der Waals surface area contributed by atoms with Gasteiger partial charge in [-0.2, -0.15) is 5.10 Å². The van der Waals surface area contributed by atoms with Crippen molar-refractivity contribution in [3.05, 3.63) is 12.7 Å². The molecule has 1 aliphatic rings. The lowest BCUT2D eigenvalue weighted by Crippen LogP contribution is -2.36. The van der Waals surface area contributed by atoms with Crippen molar-refractivity contribution in [2.45, 2.75) is 51.6 Å². The summed E-state index contributed by atoms with van der Waals surface area (Å²) >= 11 is 0. The molecule has 2 atom stereocenters. The summed E-state index contributed by atoms with van der Waals surface area (Å²) in [7, 11) is 0. The molecule has 2 rings (SSSR count). The summed E-state index contributed by atoms with van der Waals surface area (Å²) in [5.41, 5.74) is 0. The van der Waals surface area contributed by atoms with Gasteiger partial charge in [-0.3, -0.25) is 4.68 Å². The van der Waals surface area contributed by atoms with Crippen LogP contribution in [0.5, 0.6) is 0 Å². The molecule has 0 aromatic carbocycles. The fourth-order valence-electron chi connectivity index (χ4n) is 2.58. The summed E-state index contributed by atoms with van der Waals surface area (Å²) in [6.07, 6.45) is 10.2. The van der Waals surface area contributed by atoms with Crippen LogP contribution >= 0.6 is 0 Å². The van der Waals surface area contributed by atoms with Crippen LogP contribution in [0.2, 0.25) is 0 Å². The van der Waals surface area contributed by atoms with Crippen molar-refractivity contribution in [2.24, 2.45) is 5.92 Å². The first-order valence-corrected chi connectivity index (χ1v) is 6.44. The molecule has 1 aromatic rings. The van der Waals surface area contributed by atoms with Gasteiger partial charge in [0.2, 0.25) is 0 Å². The van der Waals surface area contributed by atoms with Crippen LogP contribution in [0, 0.1) is 5.92 Å². The molecule has 0 saturated heterocycles. The van der Waals surface area contributed by atoms with E-state index in [0.29, 0.717) is 0 Å². The first kappa shape index (κ1) is 11.6. The number of aromatic nitrogens is 3. The van der Waals surface area contributed by atoms with Crippen molar-refractivity contribution in [2.75, 3.05) is 6.54 Å². The summed E-state index contributed by atoms with van der Waals surface area (Å²) < 4.78 is 1.88. The van der Waals surface area contributed by atoms with Crippen molar-refractivity contribution < 1.29 is 0 Å². The van der Waals surface area contributed by atoms with Crippen LogP contribution in [0.4, 0.5) is 0 Å². The Hall–Kier alpha value is -0.900. The van der Waals surface area contributed by atoms with E-state index in [9.17, 15) is 0 Å². The molecule has 4 heteroatoms. The molecule has 4 nitrogen and oxygen atoms in total. The van der Waals surface area contributed by atoms with E-state index < -0.39 is 0 Å². The maximum atomic E-state index is 4.10. The Balaban J connectivity index is 1.65. The predicted octanol–water partition coefficient (Wildman–Crippen LogP) is 1.84. The van der Waals surface area contributed by atoms with E-state index in [1.165, 1.54) is 32.1 Å². The van der Waals surface area contributed by atoms with Crippen LogP contribution in [-0.2, 0) is 6.54 Å². The minimum atomic E-state index is 0.724. The Morgan fingerprint density at radius 2 is 2.38 bits per heavy atom. The van der Waals surface area contributed by atoms with E-state index in [4.69, 9.17) is 0 Å². The van der Waals surface area contributed by atoms with Gasteiger partial charge in [0.15, 0.2) is 0 Å². The van der Waals surface area contributed by atoms with E-state index >= 15 is 0 Å². The second-order valence-corrected chi connectivity index (χ2v) is 4.75. The molecule has 0 aliphatic heterocycles. The van der Waals surface area contributed by atoms with Gasteiger partial charge in [-0.25, -0.2) is 4.98 Å². The molecule has 1 heterocycles. The standard InChI is InChI=1S/C12H22N4/c1-2-11-4-3-5-12(8-11)14-6-7-16-10-13-9-15-16/h9-12,14H,2-8H2,1H3. The topological polar surface area (TPSA) is 42.7 Å². The lowest BCUT2D eigenvalue weighted by Gasteiger charge is -2.29. The molecule has 1 fully saturated rings. The van der Waals surface area contributed by atoms with Gasteiger partial charge in [0, 0.05) is 12.6 Å². The zero-order chi connectivity index (χ0) is 11.2. The van der Waals surface area contributed by atoms with E-state index in [0.717, 1.165) is 25.0 Å². The summed E-state index contributed by atoms with van der Waals surface area (Å²) in [4.78, 5) is 3.94.